The molecule has 0 bridgehead atoms. The summed E-state index contributed by atoms with van der Waals surface area (Å²) in [5.74, 6) is 0. The maximum absolute atomic E-state index is 12.5. The van der Waals surface area contributed by atoms with Crippen molar-refractivity contribution in [2.24, 2.45) is 0 Å². The van der Waals surface area contributed by atoms with E-state index in [9.17, 15) is 4.57 Å². The molecular formula is C17H19O4P. The van der Waals surface area contributed by atoms with E-state index >= 15 is 0 Å². The number of hydrogen-bond acceptors (Lipinski definition) is 4. The lowest BCUT2D eigenvalue weighted by molar-refractivity contribution is 0.111. The van der Waals surface area contributed by atoms with Crippen LogP contribution in [0.2, 0.25) is 0 Å². The number of phosphoric ester groups is 1. The molecule has 22 heavy (non-hydrogen) atoms. The molecule has 0 saturated carbocycles. The molecule has 1 heterocycles. The lowest BCUT2D eigenvalue weighted by Crippen LogP contribution is -2.00. The van der Waals surface area contributed by atoms with Gasteiger partial charge in [-0.05, 0) is 29.5 Å². The smallest absolute Gasteiger partial charge is 0.287 e. The normalized spacial score (nSPS) is 16.7. The molecule has 0 fully saturated rings. The van der Waals surface area contributed by atoms with Crippen LogP contribution in [0.3, 0.4) is 0 Å². The average Bonchev–Trinajstić information content (AvgIpc) is 2.73. The molecule has 0 unspecified atom stereocenters. The molecule has 4 nitrogen and oxygen atoms in total. The van der Waals surface area contributed by atoms with Gasteiger partial charge in [0.25, 0.3) is 0 Å². The van der Waals surface area contributed by atoms with E-state index in [1.165, 1.54) is 5.56 Å². The molecule has 1 aliphatic heterocycles. The van der Waals surface area contributed by atoms with Crippen molar-refractivity contribution in [1.29, 1.82) is 0 Å². The molecule has 0 atom stereocenters. The maximum atomic E-state index is 12.5. The summed E-state index contributed by atoms with van der Waals surface area (Å²) >= 11 is 0. The first-order chi connectivity index (χ1) is 10.8. The van der Waals surface area contributed by atoms with E-state index in [0.29, 0.717) is 6.61 Å². The van der Waals surface area contributed by atoms with Crippen LogP contribution in [0.25, 0.3) is 0 Å². The van der Waals surface area contributed by atoms with Gasteiger partial charge >= 0.3 is 7.82 Å². The summed E-state index contributed by atoms with van der Waals surface area (Å²) < 4.78 is 28.6. The van der Waals surface area contributed by atoms with Crippen LogP contribution in [0, 0.1) is 0 Å². The Balaban J connectivity index is 1.49. The standard InChI is InChI=1S/C17H19O4P/c18-22(19-12-6-9-15-7-2-1-3-8-15)20-13-16-10-4-5-11-17(16)14-21-22/h1-5,7-8,10-11H,6,9,12-14H2. The third-order valence-corrected chi connectivity index (χ3v) is 4.97. The topological polar surface area (TPSA) is 44.8 Å². The highest BCUT2D eigenvalue weighted by Crippen LogP contribution is 2.52. The van der Waals surface area contributed by atoms with Gasteiger partial charge in [0.1, 0.15) is 0 Å². The van der Waals surface area contributed by atoms with Gasteiger partial charge in [-0.15, -0.1) is 0 Å². The molecule has 2 aromatic rings. The molecule has 116 valence electrons. The van der Waals surface area contributed by atoms with Crippen LogP contribution in [-0.4, -0.2) is 6.61 Å². The van der Waals surface area contributed by atoms with Crippen LogP contribution >= 0.6 is 7.82 Å². The van der Waals surface area contributed by atoms with Gasteiger partial charge in [-0.3, -0.25) is 13.6 Å². The number of fused-ring (bicyclic) bond motifs is 1. The molecule has 0 aromatic heterocycles. The van der Waals surface area contributed by atoms with Gasteiger partial charge in [0.15, 0.2) is 0 Å². The third-order valence-electron chi connectivity index (χ3n) is 3.58. The summed E-state index contributed by atoms with van der Waals surface area (Å²) in [6.45, 7) is 0.862. The van der Waals surface area contributed by atoms with Gasteiger partial charge < -0.3 is 0 Å². The second-order valence-corrected chi connectivity index (χ2v) is 6.85. The molecule has 0 N–H and O–H groups in total. The van der Waals surface area contributed by atoms with Crippen molar-refractivity contribution < 1.29 is 18.1 Å². The zero-order chi connectivity index (χ0) is 15.3. The molecular weight excluding hydrogens is 299 g/mol. The quantitative estimate of drug-likeness (QED) is 0.602. The van der Waals surface area contributed by atoms with Crippen molar-refractivity contribution in [3.8, 4) is 0 Å². The lowest BCUT2D eigenvalue weighted by atomic mass is 10.1. The van der Waals surface area contributed by atoms with E-state index in [1.54, 1.807) is 0 Å². The molecule has 1 aliphatic rings. The van der Waals surface area contributed by atoms with Crippen molar-refractivity contribution in [3.05, 3.63) is 71.3 Å². The lowest BCUT2D eigenvalue weighted by Gasteiger charge is -2.14. The Morgan fingerprint density at radius 3 is 2.14 bits per heavy atom. The molecule has 0 saturated heterocycles. The monoisotopic (exact) mass is 318 g/mol. The maximum Gasteiger partial charge on any atom is 0.475 e. The van der Waals surface area contributed by atoms with Crippen LogP contribution in [-0.2, 0) is 37.8 Å². The van der Waals surface area contributed by atoms with Crippen LogP contribution in [0.15, 0.2) is 54.6 Å². The summed E-state index contributed by atoms with van der Waals surface area (Å²) in [4.78, 5) is 0. The molecule has 5 heteroatoms. The molecule has 3 rings (SSSR count). The van der Waals surface area contributed by atoms with Gasteiger partial charge in [-0.1, -0.05) is 54.6 Å². The number of hydrogen-bond donors (Lipinski definition) is 0. The average molecular weight is 318 g/mol. The Hall–Kier alpha value is -1.45. The molecule has 2 aromatic carbocycles. The van der Waals surface area contributed by atoms with E-state index in [2.05, 4.69) is 12.1 Å². The fourth-order valence-corrected chi connectivity index (χ4v) is 3.52. The molecule has 0 amide bonds. The third kappa shape index (κ3) is 4.05. The van der Waals surface area contributed by atoms with Crippen LogP contribution < -0.4 is 0 Å². The number of benzene rings is 2. The highest BCUT2D eigenvalue weighted by atomic mass is 31.2. The van der Waals surface area contributed by atoms with Crippen LogP contribution in [0.1, 0.15) is 23.1 Å². The van der Waals surface area contributed by atoms with Gasteiger partial charge in [0.05, 0.1) is 19.8 Å². The Bertz CT molecular complexity index is 626. The van der Waals surface area contributed by atoms with E-state index in [-0.39, 0.29) is 13.2 Å². The zero-order valence-corrected chi connectivity index (χ0v) is 13.2. The zero-order valence-electron chi connectivity index (χ0n) is 12.3. The molecule has 0 aliphatic carbocycles. The van der Waals surface area contributed by atoms with Crippen molar-refractivity contribution in [3.63, 3.8) is 0 Å². The van der Waals surface area contributed by atoms with Gasteiger partial charge in [-0.25, -0.2) is 4.57 Å². The van der Waals surface area contributed by atoms with E-state index < -0.39 is 7.82 Å². The van der Waals surface area contributed by atoms with Crippen molar-refractivity contribution in [1.82, 2.24) is 0 Å². The predicted octanol–water partition coefficient (Wildman–Crippen LogP) is 4.49. The van der Waals surface area contributed by atoms with Crippen LogP contribution in [0.5, 0.6) is 0 Å². The second kappa shape index (κ2) is 7.21. The van der Waals surface area contributed by atoms with E-state index in [0.717, 1.165) is 24.0 Å². The first-order valence-electron chi connectivity index (χ1n) is 7.40. The summed E-state index contributed by atoms with van der Waals surface area (Å²) in [6.07, 6.45) is 1.65. The summed E-state index contributed by atoms with van der Waals surface area (Å²) in [6, 6.07) is 17.9. The number of rotatable bonds is 5. The summed E-state index contributed by atoms with van der Waals surface area (Å²) in [5.41, 5.74) is 3.22. The molecule has 0 spiro atoms. The minimum atomic E-state index is -3.46. The highest BCUT2D eigenvalue weighted by molar-refractivity contribution is 7.48. The number of aryl methyl sites for hydroxylation is 1. The van der Waals surface area contributed by atoms with Gasteiger partial charge in [0.2, 0.25) is 0 Å². The number of phosphoric acid groups is 1. The van der Waals surface area contributed by atoms with Gasteiger partial charge in [-0.2, -0.15) is 0 Å². The Labute approximate surface area is 130 Å². The summed E-state index contributed by atoms with van der Waals surface area (Å²) in [7, 11) is -3.46. The minimum absolute atomic E-state index is 0.256. The van der Waals surface area contributed by atoms with E-state index in [1.807, 2.05) is 42.5 Å². The predicted molar refractivity (Wildman–Crippen MR) is 84.3 cm³/mol. The largest absolute Gasteiger partial charge is 0.475 e. The fraction of sp³-hybridized carbons (Fsp3) is 0.294. The van der Waals surface area contributed by atoms with E-state index in [4.69, 9.17) is 13.6 Å². The highest BCUT2D eigenvalue weighted by Gasteiger charge is 2.29. The van der Waals surface area contributed by atoms with Crippen molar-refractivity contribution in [2.75, 3.05) is 6.61 Å². The Kier molecular flexibility index (Phi) is 5.06. The fourth-order valence-electron chi connectivity index (χ4n) is 2.35. The van der Waals surface area contributed by atoms with Crippen molar-refractivity contribution >= 4 is 7.82 Å². The Morgan fingerprint density at radius 1 is 0.909 bits per heavy atom. The SMILES string of the molecule is O=P1(OCCCc2ccccc2)OCc2ccccc2CO1. The first kappa shape index (κ1) is 15.4. The summed E-state index contributed by atoms with van der Waals surface area (Å²) in [5, 5.41) is 0. The minimum Gasteiger partial charge on any atom is -0.287 e. The first-order valence-corrected chi connectivity index (χ1v) is 8.86. The Morgan fingerprint density at radius 2 is 1.50 bits per heavy atom. The molecule has 0 radical (unpaired) electrons. The van der Waals surface area contributed by atoms with Gasteiger partial charge in [0, 0.05) is 0 Å². The van der Waals surface area contributed by atoms with Crippen LogP contribution in [0.4, 0.5) is 0 Å². The second-order valence-electron chi connectivity index (χ2n) is 5.19. The van der Waals surface area contributed by atoms with Crippen molar-refractivity contribution in [2.45, 2.75) is 26.1 Å².